The second-order valence-electron chi connectivity index (χ2n) is 9.10. The molecule has 0 atom stereocenters. The van der Waals surface area contributed by atoms with Gasteiger partial charge < -0.3 is 5.11 Å². The summed E-state index contributed by atoms with van der Waals surface area (Å²) in [4.78, 5) is 9.66. The van der Waals surface area contributed by atoms with Crippen LogP contribution in [0.3, 0.4) is 0 Å². The molecule has 0 amide bonds. The number of aliphatic hydroxyl groups is 1. The van der Waals surface area contributed by atoms with E-state index < -0.39 is 5.60 Å². The number of hydrogen-bond donors (Lipinski definition) is 1. The Morgan fingerprint density at radius 3 is 2.41 bits per heavy atom. The van der Waals surface area contributed by atoms with Gasteiger partial charge in [-0.05, 0) is 24.5 Å². The Balaban J connectivity index is 1.87. The van der Waals surface area contributed by atoms with Crippen LogP contribution in [0.15, 0.2) is 24.3 Å². The number of halogens is 1. The van der Waals surface area contributed by atoms with E-state index in [4.69, 9.17) is 21.6 Å². The van der Waals surface area contributed by atoms with Gasteiger partial charge in [0.15, 0.2) is 11.2 Å². The first-order valence-corrected chi connectivity index (χ1v) is 10.7. The fourth-order valence-electron chi connectivity index (χ4n) is 3.96. The van der Waals surface area contributed by atoms with Gasteiger partial charge in [-0.15, -0.1) is 5.10 Å². The average molecular weight is 414 g/mol. The molecule has 0 bridgehead atoms. The molecule has 2 aromatic heterocycles. The molecule has 1 N–H and O–H groups in total. The van der Waals surface area contributed by atoms with Crippen molar-refractivity contribution in [2.75, 3.05) is 0 Å². The molecule has 7 heteroatoms. The SMILES string of the molecule is CC(C)(C)c1nc(C2(O)CCCCCC2)c2nnn(Cc3ccccc3Cl)c2n1. The van der Waals surface area contributed by atoms with Crippen molar-refractivity contribution in [1.82, 2.24) is 25.0 Å². The van der Waals surface area contributed by atoms with Crippen molar-refractivity contribution in [1.29, 1.82) is 0 Å². The summed E-state index contributed by atoms with van der Waals surface area (Å²) in [5.41, 5.74) is 1.57. The molecule has 0 unspecified atom stereocenters. The van der Waals surface area contributed by atoms with E-state index in [0.29, 0.717) is 47.1 Å². The van der Waals surface area contributed by atoms with Gasteiger partial charge >= 0.3 is 0 Å². The molecular formula is C22H28ClN5O. The molecule has 2 heterocycles. The first kappa shape index (κ1) is 20.2. The van der Waals surface area contributed by atoms with Crippen molar-refractivity contribution in [3.05, 3.63) is 46.4 Å². The maximum atomic E-state index is 11.6. The lowest BCUT2D eigenvalue weighted by Gasteiger charge is -2.28. The number of nitrogens with zero attached hydrogens (tertiary/aromatic N) is 5. The number of fused-ring (bicyclic) bond motifs is 1. The van der Waals surface area contributed by atoms with Crippen LogP contribution in [0.2, 0.25) is 5.02 Å². The smallest absolute Gasteiger partial charge is 0.182 e. The van der Waals surface area contributed by atoms with Crippen molar-refractivity contribution in [2.24, 2.45) is 0 Å². The molecule has 1 fully saturated rings. The van der Waals surface area contributed by atoms with Gasteiger partial charge in [-0.1, -0.05) is 81.5 Å². The van der Waals surface area contributed by atoms with Crippen LogP contribution in [0.4, 0.5) is 0 Å². The fourth-order valence-corrected chi connectivity index (χ4v) is 4.16. The number of aromatic nitrogens is 5. The van der Waals surface area contributed by atoms with Crippen LogP contribution in [0.1, 0.15) is 76.4 Å². The summed E-state index contributed by atoms with van der Waals surface area (Å²) in [6.07, 6.45) is 5.64. The summed E-state index contributed by atoms with van der Waals surface area (Å²) in [6.45, 7) is 6.71. The van der Waals surface area contributed by atoms with Gasteiger partial charge in [-0.25, -0.2) is 14.6 Å². The Bertz CT molecular complexity index is 1020. The van der Waals surface area contributed by atoms with Crippen LogP contribution in [-0.4, -0.2) is 30.1 Å². The average Bonchev–Trinajstić information content (AvgIpc) is 2.94. The van der Waals surface area contributed by atoms with Gasteiger partial charge in [0.05, 0.1) is 6.54 Å². The van der Waals surface area contributed by atoms with Crippen molar-refractivity contribution in [3.8, 4) is 0 Å². The Hall–Kier alpha value is -2.05. The molecule has 29 heavy (non-hydrogen) atoms. The lowest BCUT2D eigenvalue weighted by atomic mass is 9.89. The van der Waals surface area contributed by atoms with Gasteiger partial charge in [0, 0.05) is 10.4 Å². The lowest BCUT2D eigenvalue weighted by molar-refractivity contribution is 0.0174. The Kier molecular flexibility index (Phi) is 5.34. The second kappa shape index (κ2) is 7.65. The highest BCUT2D eigenvalue weighted by atomic mass is 35.5. The first-order valence-electron chi connectivity index (χ1n) is 10.4. The number of benzene rings is 1. The highest BCUT2D eigenvalue weighted by Crippen LogP contribution is 2.38. The van der Waals surface area contributed by atoms with Crippen LogP contribution in [0.25, 0.3) is 11.2 Å². The number of hydrogen-bond acceptors (Lipinski definition) is 5. The first-order chi connectivity index (χ1) is 13.8. The maximum absolute atomic E-state index is 11.6. The third-order valence-corrected chi connectivity index (χ3v) is 6.05. The van der Waals surface area contributed by atoms with Gasteiger partial charge in [0.25, 0.3) is 0 Å². The third kappa shape index (κ3) is 4.01. The summed E-state index contributed by atoms with van der Waals surface area (Å²) in [6, 6.07) is 7.70. The lowest BCUT2D eigenvalue weighted by Crippen LogP contribution is -2.29. The normalized spacial score (nSPS) is 17.4. The summed E-state index contributed by atoms with van der Waals surface area (Å²) >= 11 is 6.36. The zero-order valence-electron chi connectivity index (χ0n) is 17.3. The van der Waals surface area contributed by atoms with E-state index in [-0.39, 0.29) is 5.41 Å². The molecule has 1 aliphatic carbocycles. The van der Waals surface area contributed by atoms with E-state index >= 15 is 0 Å². The second-order valence-corrected chi connectivity index (χ2v) is 9.51. The Morgan fingerprint density at radius 2 is 1.76 bits per heavy atom. The molecule has 6 nitrogen and oxygen atoms in total. The predicted molar refractivity (Wildman–Crippen MR) is 114 cm³/mol. The zero-order chi connectivity index (χ0) is 20.6. The zero-order valence-corrected chi connectivity index (χ0v) is 18.1. The minimum absolute atomic E-state index is 0.260. The summed E-state index contributed by atoms with van der Waals surface area (Å²) in [5, 5.41) is 21.0. The van der Waals surface area contributed by atoms with Crippen LogP contribution in [-0.2, 0) is 17.6 Å². The highest BCUT2D eigenvalue weighted by Gasteiger charge is 2.36. The van der Waals surface area contributed by atoms with Gasteiger partial charge in [-0.2, -0.15) is 0 Å². The van der Waals surface area contributed by atoms with Crippen LogP contribution in [0, 0.1) is 0 Å². The van der Waals surface area contributed by atoms with E-state index in [1.54, 1.807) is 4.68 Å². The number of rotatable bonds is 3. The molecule has 1 aliphatic rings. The monoisotopic (exact) mass is 413 g/mol. The molecule has 154 valence electrons. The van der Waals surface area contributed by atoms with E-state index in [1.165, 1.54) is 0 Å². The van der Waals surface area contributed by atoms with E-state index in [9.17, 15) is 5.11 Å². The molecule has 0 radical (unpaired) electrons. The molecule has 0 saturated heterocycles. The maximum Gasteiger partial charge on any atom is 0.182 e. The van der Waals surface area contributed by atoms with Crippen LogP contribution < -0.4 is 0 Å². The molecule has 1 saturated carbocycles. The summed E-state index contributed by atoms with van der Waals surface area (Å²) in [5.74, 6) is 0.695. The fraction of sp³-hybridized carbons (Fsp3) is 0.545. The largest absolute Gasteiger partial charge is 0.383 e. The van der Waals surface area contributed by atoms with Crippen molar-refractivity contribution < 1.29 is 5.11 Å². The highest BCUT2D eigenvalue weighted by molar-refractivity contribution is 6.31. The van der Waals surface area contributed by atoms with Crippen molar-refractivity contribution in [2.45, 2.75) is 76.9 Å². The Labute approximate surface area is 176 Å². The quantitative estimate of drug-likeness (QED) is 0.626. The minimum atomic E-state index is -0.983. The van der Waals surface area contributed by atoms with Crippen LogP contribution in [0.5, 0.6) is 0 Å². The van der Waals surface area contributed by atoms with Gasteiger partial charge in [0.2, 0.25) is 0 Å². The van der Waals surface area contributed by atoms with Crippen LogP contribution >= 0.6 is 11.6 Å². The van der Waals surface area contributed by atoms with E-state index in [2.05, 4.69) is 31.1 Å². The Morgan fingerprint density at radius 1 is 1.07 bits per heavy atom. The molecule has 0 spiro atoms. The van der Waals surface area contributed by atoms with Crippen molar-refractivity contribution >= 4 is 22.8 Å². The molecule has 0 aliphatic heterocycles. The standard InChI is InChI=1S/C22H28ClN5O/c1-21(2,3)20-24-18(22(29)12-8-4-5-9-13-22)17-19(25-20)28(27-26-17)14-15-10-6-7-11-16(15)23/h6-7,10-11,29H,4-5,8-9,12-14H2,1-3H3. The van der Waals surface area contributed by atoms with E-state index in [0.717, 1.165) is 31.2 Å². The van der Waals surface area contributed by atoms with E-state index in [1.807, 2.05) is 24.3 Å². The molecule has 3 aromatic rings. The summed E-state index contributed by atoms with van der Waals surface area (Å²) in [7, 11) is 0. The van der Waals surface area contributed by atoms with Gasteiger partial charge in [0.1, 0.15) is 17.1 Å². The van der Waals surface area contributed by atoms with Gasteiger partial charge in [-0.3, -0.25) is 0 Å². The predicted octanol–water partition coefficient (Wildman–Crippen LogP) is 4.76. The minimum Gasteiger partial charge on any atom is -0.383 e. The topological polar surface area (TPSA) is 76.7 Å². The third-order valence-electron chi connectivity index (χ3n) is 5.68. The molecule has 1 aromatic carbocycles. The summed E-state index contributed by atoms with van der Waals surface area (Å²) < 4.78 is 1.76. The van der Waals surface area contributed by atoms with Crippen molar-refractivity contribution in [3.63, 3.8) is 0 Å². The molecule has 4 rings (SSSR count). The molecular weight excluding hydrogens is 386 g/mol.